The lowest BCUT2D eigenvalue weighted by molar-refractivity contribution is -0.163. The minimum Gasteiger partial charge on any atom is -0.462 e. The first-order valence-corrected chi connectivity index (χ1v) is 30.5. The van der Waals surface area contributed by atoms with E-state index in [1.807, 2.05) is 0 Å². The van der Waals surface area contributed by atoms with Crippen LogP contribution in [0.1, 0.15) is 329 Å². The van der Waals surface area contributed by atoms with E-state index in [1.165, 1.54) is 244 Å². The Morgan fingerprint density at radius 2 is 0.618 bits per heavy atom. The third kappa shape index (κ3) is 56.7. The van der Waals surface area contributed by atoms with Gasteiger partial charge in [0.15, 0.2) is 6.10 Å². The summed E-state index contributed by atoms with van der Waals surface area (Å²) in [5, 5.41) is 0. The number of rotatable bonds is 57. The number of hydrogen-bond acceptors (Lipinski definition) is 5. The van der Waals surface area contributed by atoms with Crippen LogP contribution in [0, 0.1) is 0 Å². The van der Waals surface area contributed by atoms with E-state index in [-0.39, 0.29) is 25.2 Å². The van der Waals surface area contributed by atoms with Gasteiger partial charge in [-0.2, -0.15) is 0 Å². The van der Waals surface area contributed by atoms with Gasteiger partial charge in [-0.15, -0.1) is 0 Å². The molecule has 0 fully saturated rings. The van der Waals surface area contributed by atoms with Gasteiger partial charge in [0.2, 0.25) is 0 Å². The van der Waals surface area contributed by atoms with Gasteiger partial charge in [0.1, 0.15) is 6.61 Å². The van der Waals surface area contributed by atoms with Crippen LogP contribution in [0.5, 0.6) is 0 Å². The van der Waals surface area contributed by atoms with Crippen LogP contribution >= 0.6 is 0 Å². The van der Waals surface area contributed by atoms with Crippen LogP contribution in [0.3, 0.4) is 0 Å². The van der Waals surface area contributed by atoms with Crippen molar-refractivity contribution in [3.8, 4) is 0 Å². The van der Waals surface area contributed by atoms with Gasteiger partial charge in [0.25, 0.3) is 0 Å². The fraction of sp³-hybridized carbons (Fsp3) is 0.873. The van der Waals surface area contributed by atoms with Crippen molar-refractivity contribution in [1.82, 2.24) is 0 Å². The van der Waals surface area contributed by atoms with Crippen molar-refractivity contribution in [2.75, 3.05) is 19.8 Å². The van der Waals surface area contributed by atoms with Gasteiger partial charge in [-0.05, 0) is 77.0 Å². The van der Waals surface area contributed by atoms with Crippen molar-refractivity contribution in [2.24, 2.45) is 0 Å². The van der Waals surface area contributed by atoms with Crippen LogP contribution in [0.25, 0.3) is 0 Å². The summed E-state index contributed by atoms with van der Waals surface area (Å²) in [6, 6.07) is 0. The van der Waals surface area contributed by atoms with Gasteiger partial charge < -0.3 is 14.2 Å². The molecule has 0 aromatic carbocycles. The van der Waals surface area contributed by atoms with E-state index in [2.05, 4.69) is 57.2 Å². The first-order valence-electron chi connectivity index (χ1n) is 30.5. The van der Waals surface area contributed by atoms with Gasteiger partial charge in [-0.25, -0.2) is 0 Å². The highest BCUT2D eigenvalue weighted by Gasteiger charge is 2.17. The molecule has 0 aliphatic rings. The predicted octanol–water partition coefficient (Wildman–Crippen LogP) is 20.9. The topological polar surface area (TPSA) is 61.8 Å². The van der Waals surface area contributed by atoms with Crippen LogP contribution in [0.4, 0.5) is 0 Å². The van der Waals surface area contributed by atoms with Gasteiger partial charge in [-0.3, -0.25) is 9.59 Å². The Morgan fingerprint density at radius 3 is 1.01 bits per heavy atom. The summed E-state index contributed by atoms with van der Waals surface area (Å²) in [6.07, 6.45) is 73.1. The van der Waals surface area contributed by atoms with Gasteiger partial charge in [0.05, 0.1) is 6.61 Å². The molecular weight excluding hydrogens is 837 g/mol. The number of allylic oxidation sites excluding steroid dienone is 6. The summed E-state index contributed by atoms with van der Waals surface area (Å²) in [6.45, 7) is 7.85. The molecule has 0 bridgehead atoms. The van der Waals surface area contributed by atoms with Crippen molar-refractivity contribution < 1.29 is 23.8 Å². The standard InChI is InChI=1S/C63H118O5/c1-4-7-10-13-16-19-22-25-28-31-32-34-35-38-41-44-47-50-53-56-62(64)67-60-61(59-66-58-55-52-49-46-43-40-37-30-27-24-21-18-15-12-9-6-3)68-63(65)57-54-51-48-45-42-39-36-33-29-26-23-20-17-14-11-8-5-2/h17,20,26-27,29-30,61H,4-16,18-19,21-25,28,31-60H2,1-3H3/b20-17-,29-26-,30-27-. The zero-order chi connectivity index (χ0) is 49.2. The zero-order valence-corrected chi connectivity index (χ0v) is 46.1. The average Bonchev–Trinajstić information content (AvgIpc) is 3.34. The van der Waals surface area contributed by atoms with Crippen molar-refractivity contribution in [2.45, 2.75) is 335 Å². The fourth-order valence-electron chi connectivity index (χ4n) is 9.07. The maximum atomic E-state index is 12.9. The molecule has 1 atom stereocenters. The Kier molecular flexibility index (Phi) is 57.8. The van der Waals surface area contributed by atoms with E-state index in [9.17, 15) is 9.59 Å². The molecule has 400 valence electrons. The summed E-state index contributed by atoms with van der Waals surface area (Å²) in [4.78, 5) is 25.6. The van der Waals surface area contributed by atoms with Crippen molar-refractivity contribution in [1.29, 1.82) is 0 Å². The average molecular weight is 956 g/mol. The van der Waals surface area contributed by atoms with E-state index in [0.29, 0.717) is 19.4 Å². The Bertz CT molecular complexity index is 1080. The lowest BCUT2D eigenvalue weighted by Crippen LogP contribution is -2.30. The minimum absolute atomic E-state index is 0.0854. The molecule has 5 nitrogen and oxygen atoms in total. The molecule has 0 aromatic heterocycles. The van der Waals surface area contributed by atoms with Crippen molar-refractivity contribution >= 4 is 11.9 Å². The third-order valence-corrected chi connectivity index (χ3v) is 13.6. The van der Waals surface area contributed by atoms with Gasteiger partial charge >= 0.3 is 11.9 Å². The Labute approximate surface area is 425 Å². The maximum absolute atomic E-state index is 12.9. The Hall–Kier alpha value is -1.88. The predicted molar refractivity (Wildman–Crippen MR) is 298 cm³/mol. The number of unbranched alkanes of at least 4 members (excludes halogenated alkanes) is 40. The second-order valence-corrected chi connectivity index (χ2v) is 20.6. The lowest BCUT2D eigenvalue weighted by atomic mass is 10.0. The molecule has 0 saturated heterocycles. The second kappa shape index (κ2) is 59.4. The summed E-state index contributed by atoms with van der Waals surface area (Å²) in [5.41, 5.74) is 0. The molecule has 0 saturated carbocycles. The summed E-state index contributed by atoms with van der Waals surface area (Å²) in [5.74, 6) is -0.388. The molecule has 0 aliphatic carbocycles. The van der Waals surface area contributed by atoms with Crippen LogP contribution in [-0.2, 0) is 23.8 Å². The molecule has 5 heteroatoms. The minimum atomic E-state index is -0.540. The van der Waals surface area contributed by atoms with Gasteiger partial charge in [-0.1, -0.05) is 276 Å². The van der Waals surface area contributed by atoms with Crippen LogP contribution in [-0.4, -0.2) is 37.9 Å². The van der Waals surface area contributed by atoms with E-state index in [4.69, 9.17) is 14.2 Å². The lowest BCUT2D eigenvalue weighted by Gasteiger charge is -2.18. The van der Waals surface area contributed by atoms with E-state index < -0.39 is 6.10 Å². The molecule has 0 radical (unpaired) electrons. The molecule has 0 N–H and O–H groups in total. The normalized spacial score (nSPS) is 12.3. The molecule has 68 heavy (non-hydrogen) atoms. The monoisotopic (exact) mass is 955 g/mol. The first kappa shape index (κ1) is 66.1. The highest BCUT2D eigenvalue weighted by molar-refractivity contribution is 5.70. The number of hydrogen-bond donors (Lipinski definition) is 0. The SMILES string of the molecule is CCCCC/C=C\C/C=C\CCCCCCCCCC(=O)OC(COCCCCCCCC/C=C\CCCCCCCC)COC(=O)CCCCCCCCCCCCCCCCCCCCC. The quantitative estimate of drug-likeness (QED) is 0.0345. The number of esters is 2. The molecular formula is C63H118O5. The fourth-order valence-corrected chi connectivity index (χ4v) is 9.07. The third-order valence-electron chi connectivity index (χ3n) is 13.6. The summed E-state index contributed by atoms with van der Waals surface area (Å²) in [7, 11) is 0. The molecule has 0 aliphatic heterocycles. The number of carbonyl (C=O) groups is 2. The molecule has 0 heterocycles. The number of ether oxygens (including phenoxy) is 3. The largest absolute Gasteiger partial charge is 0.462 e. The van der Waals surface area contributed by atoms with Crippen molar-refractivity contribution in [3.05, 3.63) is 36.5 Å². The Morgan fingerprint density at radius 1 is 0.324 bits per heavy atom. The molecule has 0 rings (SSSR count). The molecule has 0 amide bonds. The first-order chi connectivity index (χ1) is 33.6. The van der Waals surface area contributed by atoms with E-state index in [1.54, 1.807) is 0 Å². The summed E-state index contributed by atoms with van der Waals surface area (Å²) < 4.78 is 17.5. The van der Waals surface area contributed by atoms with E-state index >= 15 is 0 Å². The molecule has 0 spiro atoms. The van der Waals surface area contributed by atoms with Crippen LogP contribution in [0.2, 0.25) is 0 Å². The highest BCUT2D eigenvalue weighted by Crippen LogP contribution is 2.17. The molecule has 0 aromatic rings. The second-order valence-electron chi connectivity index (χ2n) is 20.6. The van der Waals surface area contributed by atoms with Crippen molar-refractivity contribution in [3.63, 3.8) is 0 Å². The Balaban J connectivity index is 4.24. The van der Waals surface area contributed by atoms with Crippen LogP contribution in [0.15, 0.2) is 36.5 Å². The van der Waals surface area contributed by atoms with E-state index in [0.717, 1.165) is 51.4 Å². The van der Waals surface area contributed by atoms with Crippen LogP contribution < -0.4 is 0 Å². The molecule has 1 unspecified atom stereocenters. The smallest absolute Gasteiger partial charge is 0.306 e. The maximum Gasteiger partial charge on any atom is 0.306 e. The van der Waals surface area contributed by atoms with Gasteiger partial charge in [0, 0.05) is 19.4 Å². The highest BCUT2D eigenvalue weighted by atomic mass is 16.6. The zero-order valence-electron chi connectivity index (χ0n) is 46.1. The number of carbonyl (C=O) groups excluding carboxylic acids is 2. The summed E-state index contributed by atoms with van der Waals surface area (Å²) >= 11 is 0.